The van der Waals surface area contributed by atoms with E-state index < -0.39 is 0 Å². The molecular weight excluding hydrogens is 274 g/mol. The van der Waals surface area contributed by atoms with Crippen LogP contribution in [0.5, 0.6) is 5.75 Å². The van der Waals surface area contributed by atoms with E-state index in [2.05, 4.69) is 29.4 Å². The van der Waals surface area contributed by atoms with Crippen LogP contribution in [0.15, 0.2) is 65.7 Å². The van der Waals surface area contributed by atoms with Crippen molar-refractivity contribution in [3.63, 3.8) is 0 Å². The predicted molar refractivity (Wildman–Crippen MR) is 87.6 cm³/mol. The van der Waals surface area contributed by atoms with Crippen LogP contribution in [0.1, 0.15) is 24.8 Å². The summed E-state index contributed by atoms with van der Waals surface area (Å²) in [5.41, 5.74) is 1.29. The van der Waals surface area contributed by atoms with Gasteiger partial charge in [-0.25, -0.2) is 10.3 Å². The van der Waals surface area contributed by atoms with Gasteiger partial charge in [-0.3, -0.25) is 0 Å². The number of rotatable bonds is 5. The Morgan fingerprint density at radius 1 is 1.14 bits per heavy atom. The van der Waals surface area contributed by atoms with E-state index in [1.807, 2.05) is 54.7 Å². The zero-order valence-electron chi connectivity index (χ0n) is 12.6. The summed E-state index contributed by atoms with van der Waals surface area (Å²) < 4.78 is 5.56. The third-order valence-corrected chi connectivity index (χ3v) is 3.31. The smallest absolute Gasteiger partial charge is 0.303 e. The molecule has 2 aromatic rings. The Hall–Kier alpha value is -2.80. The second kappa shape index (κ2) is 8.48. The summed E-state index contributed by atoms with van der Waals surface area (Å²) in [6.45, 7) is 2.76. The molecule has 0 aliphatic rings. The lowest BCUT2D eigenvalue weighted by Gasteiger charge is -2.11. The molecule has 1 N–H and O–H groups in total. The van der Waals surface area contributed by atoms with Gasteiger partial charge >= 0.3 is 6.02 Å². The Bertz CT molecular complexity index is 632. The van der Waals surface area contributed by atoms with E-state index in [1.165, 1.54) is 5.56 Å². The molecule has 0 amide bonds. The average Bonchev–Trinajstić information content (AvgIpc) is 2.56. The SMILES string of the molecule is CC(CCN=C(NC#N)Oc1ccccc1)c1ccccc1. The van der Waals surface area contributed by atoms with E-state index in [9.17, 15) is 0 Å². The van der Waals surface area contributed by atoms with Crippen molar-refractivity contribution >= 4 is 6.02 Å². The lowest BCUT2D eigenvalue weighted by atomic mass is 9.98. The average molecular weight is 293 g/mol. The number of hydrogen-bond acceptors (Lipinski definition) is 3. The molecule has 2 aromatic carbocycles. The Labute approximate surface area is 131 Å². The summed E-state index contributed by atoms with van der Waals surface area (Å²) in [6.07, 6.45) is 2.74. The minimum absolute atomic E-state index is 0.231. The van der Waals surface area contributed by atoms with Crippen LogP contribution >= 0.6 is 0 Å². The number of nitrogens with zero attached hydrogens (tertiary/aromatic N) is 2. The maximum atomic E-state index is 8.78. The van der Waals surface area contributed by atoms with Crippen LogP contribution in [-0.2, 0) is 0 Å². The highest BCUT2D eigenvalue weighted by molar-refractivity contribution is 5.77. The van der Waals surface area contributed by atoms with E-state index in [1.54, 1.807) is 0 Å². The van der Waals surface area contributed by atoms with Crippen LogP contribution in [0.4, 0.5) is 0 Å². The molecule has 0 spiro atoms. The Morgan fingerprint density at radius 2 is 1.77 bits per heavy atom. The fraction of sp³-hybridized carbons (Fsp3) is 0.222. The minimum atomic E-state index is 0.231. The van der Waals surface area contributed by atoms with Crippen LogP contribution in [0.2, 0.25) is 0 Å². The molecule has 2 rings (SSSR count). The molecule has 1 unspecified atom stereocenters. The van der Waals surface area contributed by atoms with Crippen molar-refractivity contribution in [2.24, 2.45) is 4.99 Å². The lowest BCUT2D eigenvalue weighted by Crippen LogP contribution is -2.24. The van der Waals surface area contributed by atoms with Crippen LogP contribution in [-0.4, -0.2) is 12.6 Å². The van der Waals surface area contributed by atoms with Gasteiger partial charge in [-0.1, -0.05) is 55.5 Å². The van der Waals surface area contributed by atoms with Crippen molar-refractivity contribution < 1.29 is 4.74 Å². The van der Waals surface area contributed by atoms with E-state index in [0.717, 1.165) is 6.42 Å². The van der Waals surface area contributed by atoms with E-state index >= 15 is 0 Å². The number of nitriles is 1. The second-order valence-corrected chi connectivity index (χ2v) is 4.94. The molecule has 0 aromatic heterocycles. The van der Waals surface area contributed by atoms with E-state index in [0.29, 0.717) is 18.2 Å². The first kappa shape index (κ1) is 15.6. The number of para-hydroxylation sites is 1. The molecule has 0 aliphatic carbocycles. The third-order valence-electron chi connectivity index (χ3n) is 3.31. The van der Waals surface area contributed by atoms with Crippen LogP contribution in [0.25, 0.3) is 0 Å². The molecule has 4 heteroatoms. The van der Waals surface area contributed by atoms with E-state index in [-0.39, 0.29) is 6.02 Å². The number of amidine groups is 1. The van der Waals surface area contributed by atoms with Gasteiger partial charge in [0.2, 0.25) is 0 Å². The molecule has 0 saturated heterocycles. The van der Waals surface area contributed by atoms with Gasteiger partial charge in [-0.2, -0.15) is 5.26 Å². The van der Waals surface area contributed by atoms with Gasteiger partial charge in [0.15, 0.2) is 6.19 Å². The molecule has 4 nitrogen and oxygen atoms in total. The summed E-state index contributed by atoms with van der Waals surface area (Å²) >= 11 is 0. The molecule has 0 heterocycles. The number of ether oxygens (including phenoxy) is 1. The predicted octanol–water partition coefficient (Wildman–Crippen LogP) is 3.69. The van der Waals surface area contributed by atoms with Gasteiger partial charge in [0, 0.05) is 6.54 Å². The highest BCUT2D eigenvalue weighted by atomic mass is 16.5. The Kier molecular flexibility index (Phi) is 6.01. The lowest BCUT2D eigenvalue weighted by molar-refractivity contribution is 0.523. The number of aliphatic imine (C=N–C) groups is 1. The first-order valence-corrected chi connectivity index (χ1v) is 7.27. The normalized spacial score (nSPS) is 12.3. The largest absolute Gasteiger partial charge is 0.425 e. The zero-order chi connectivity index (χ0) is 15.6. The van der Waals surface area contributed by atoms with Crippen molar-refractivity contribution in [2.45, 2.75) is 19.3 Å². The number of benzene rings is 2. The molecule has 112 valence electrons. The van der Waals surface area contributed by atoms with E-state index in [4.69, 9.17) is 10.00 Å². The molecule has 0 fully saturated rings. The Balaban J connectivity index is 1.92. The maximum Gasteiger partial charge on any atom is 0.303 e. The molecule has 0 bridgehead atoms. The van der Waals surface area contributed by atoms with Crippen LogP contribution < -0.4 is 10.1 Å². The Morgan fingerprint density at radius 3 is 2.41 bits per heavy atom. The quantitative estimate of drug-likeness (QED) is 0.396. The van der Waals surface area contributed by atoms with Crippen molar-refractivity contribution in [1.82, 2.24) is 5.32 Å². The summed E-state index contributed by atoms with van der Waals surface area (Å²) in [7, 11) is 0. The number of hydrogen-bond donors (Lipinski definition) is 1. The first-order valence-electron chi connectivity index (χ1n) is 7.27. The molecule has 0 aliphatic heterocycles. The van der Waals surface area contributed by atoms with Crippen molar-refractivity contribution in [2.75, 3.05) is 6.54 Å². The number of nitrogens with one attached hydrogen (secondary N) is 1. The molecular formula is C18H19N3O. The summed E-state index contributed by atoms with van der Waals surface area (Å²) in [5.74, 6) is 1.06. The van der Waals surface area contributed by atoms with Gasteiger partial charge in [-0.15, -0.1) is 0 Å². The summed E-state index contributed by atoms with van der Waals surface area (Å²) in [6, 6.07) is 19.8. The summed E-state index contributed by atoms with van der Waals surface area (Å²) in [4.78, 5) is 4.34. The van der Waals surface area contributed by atoms with Crippen molar-refractivity contribution in [1.29, 1.82) is 5.26 Å². The standard InChI is InChI=1S/C18H19N3O/c1-15(16-8-4-2-5-9-16)12-13-20-18(21-14-19)22-17-10-6-3-7-11-17/h2-11,15H,12-13H2,1H3,(H,20,21). The zero-order valence-corrected chi connectivity index (χ0v) is 12.6. The molecule has 0 saturated carbocycles. The van der Waals surface area contributed by atoms with Gasteiger partial charge < -0.3 is 4.74 Å². The highest BCUT2D eigenvalue weighted by Gasteiger charge is 2.05. The highest BCUT2D eigenvalue weighted by Crippen LogP contribution is 2.18. The molecule has 1 atom stereocenters. The fourth-order valence-corrected chi connectivity index (χ4v) is 2.05. The van der Waals surface area contributed by atoms with Gasteiger partial charge in [0.25, 0.3) is 0 Å². The maximum absolute atomic E-state index is 8.78. The monoisotopic (exact) mass is 293 g/mol. The third kappa shape index (κ3) is 4.95. The molecule has 0 radical (unpaired) electrons. The minimum Gasteiger partial charge on any atom is -0.425 e. The second-order valence-electron chi connectivity index (χ2n) is 4.94. The topological polar surface area (TPSA) is 57.4 Å². The van der Waals surface area contributed by atoms with Crippen LogP contribution in [0.3, 0.4) is 0 Å². The van der Waals surface area contributed by atoms with Gasteiger partial charge in [0.1, 0.15) is 5.75 Å². The van der Waals surface area contributed by atoms with Crippen molar-refractivity contribution in [3.8, 4) is 11.9 Å². The fourth-order valence-electron chi connectivity index (χ4n) is 2.05. The molecule has 22 heavy (non-hydrogen) atoms. The first-order chi connectivity index (χ1) is 10.8. The van der Waals surface area contributed by atoms with Gasteiger partial charge in [0.05, 0.1) is 0 Å². The summed E-state index contributed by atoms with van der Waals surface area (Å²) in [5, 5.41) is 11.3. The van der Waals surface area contributed by atoms with Crippen molar-refractivity contribution in [3.05, 3.63) is 66.2 Å². The van der Waals surface area contributed by atoms with Crippen LogP contribution in [0, 0.1) is 11.5 Å². The van der Waals surface area contributed by atoms with Gasteiger partial charge in [-0.05, 0) is 30.0 Å².